The van der Waals surface area contributed by atoms with Gasteiger partial charge in [-0.3, -0.25) is 9.69 Å². The predicted molar refractivity (Wildman–Crippen MR) is 81.5 cm³/mol. The number of rotatable bonds is 3. The third-order valence-electron chi connectivity index (χ3n) is 4.93. The second-order valence-corrected chi connectivity index (χ2v) is 6.50. The van der Waals surface area contributed by atoms with Crippen molar-refractivity contribution in [2.45, 2.75) is 19.4 Å². The third-order valence-corrected chi connectivity index (χ3v) is 4.93. The van der Waals surface area contributed by atoms with E-state index in [1.165, 1.54) is 0 Å². The molecule has 7 heteroatoms. The monoisotopic (exact) mass is 310 g/mol. The van der Waals surface area contributed by atoms with Gasteiger partial charge in [0.1, 0.15) is 6.54 Å². The molecule has 0 aromatic rings. The first-order valence-electron chi connectivity index (χ1n) is 8.27. The fraction of sp³-hybridized carbons (Fsp3) is 0.867. The quantitative estimate of drug-likeness (QED) is 0.769. The van der Waals surface area contributed by atoms with Crippen LogP contribution in [-0.2, 0) is 9.53 Å². The third kappa shape index (κ3) is 3.35. The Morgan fingerprint density at radius 2 is 2.05 bits per heavy atom. The van der Waals surface area contributed by atoms with E-state index in [4.69, 9.17) is 4.74 Å². The van der Waals surface area contributed by atoms with E-state index < -0.39 is 0 Å². The van der Waals surface area contributed by atoms with Crippen LogP contribution < -0.4 is 5.32 Å². The van der Waals surface area contributed by atoms with Gasteiger partial charge in [0.2, 0.25) is 5.91 Å². The first kappa shape index (κ1) is 15.6. The number of ether oxygens (including phenoxy) is 1. The summed E-state index contributed by atoms with van der Waals surface area (Å²) in [6.07, 6.45) is 0.909. The van der Waals surface area contributed by atoms with E-state index in [2.05, 4.69) is 17.1 Å². The molecule has 3 aliphatic heterocycles. The highest BCUT2D eigenvalue weighted by molar-refractivity contribution is 5.84. The maximum atomic E-state index is 12.5. The Balaban J connectivity index is 1.54. The number of urea groups is 1. The summed E-state index contributed by atoms with van der Waals surface area (Å²) in [5, 5.41) is 2.79. The first-order chi connectivity index (χ1) is 10.6. The van der Waals surface area contributed by atoms with Crippen LogP contribution in [-0.4, -0.2) is 91.7 Å². The zero-order valence-corrected chi connectivity index (χ0v) is 13.3. The van der Waals surface area contributed by atoms with Gasteiger partial charge in [-0.15, -0.1) is 0 Å². The smallest absolute Gasteiger partial charge is 0.317 e. The average Bonchev–Trinajstić information content (AvgIpc) is 2.92. The lowest BCUT2D eigenvalue weighted by Crippen LogP contribution is -2.51. The molecule has 3 saturated heterocycles. The molecule has 0 aromatic carbocycles. The Kier molecular flexibility index (Phi) is 4.83. The molecule has 0 unspecified atom stereocenters. The van der Waals surface area contributed by atoms with Crippen LogP contribution in [0.2, 0.25) is 0 Å². The zero-order valence-electron chi connectivity index (χ0n) is 13.3. The van der Waals surface area contributed by atoms with Crippen molar-refractivity contribution in [3.63, 3.8) is 0 Å². The van der Waals surface area contributed by atoms with Crippen molar-refractivity contribution in [2.75, 3.05) is 59.0 Å². The van der Waals surface area contributed by atoms with Crippen LogP contribution in [0.15, 0.2) is 0 Å². The van der Waals surface area contributed by atoms with Gasteiger partial charge in [-0.2, -0.15) is 0 Å². The number of morpholine rings is 1. The maximum Gasteiger partial charge on any atom is 0.317 e. The van der Waals surface area contributed by atoms with E-state index in [1.54, 1.807) is 4.90 Å². The molecule has 0 aliphatic carbocycles. The lowest BCUT2D eigenvalue weighted by Gasteiger charge is -2.34. The lowest BCUT2D eigenvalue weighted by atomic mass is 10.0. The number of hydrogen-bond acceptors (Lipinski definition) is 4. The van der Waals surface area contributed by atoms with Gasteiger partial charge < -0.3 is 19.9 Å². The van der Waals surface area contributed by atoms with E-state index >= 15 is 0 Å². The number of nitrogens with one attached hydrogen (secondary N) is 1. The normalized spacial score (nSPS) is 30.5. The fourth-order valence-electron chi connectivity index (χ4n) is 3.63. The molecule has 2 atom stereocenters. The van der Waals surface area contributed by atoms with E-state index in [1.807, 2.05) is 4.90 Å². The number of carbonyl (C=O) groups excluding carboxylic acids is 2. The van der Waals surface area contributed by atoms with E-state index in [0.29, 0.717) is 25.0 Å². The highest BCUT2D eigenvalue weighted by atomic mass is 16.5. The molecular weight excluding hydrogens is 284 g/mol. The molecule has 0 radical (unpaired) electrons. The van der Waals surface area contributed by atoms with Crippen molar-refractivity contribution in [2.24, 2.45) is 5.92 Å². The minimum Gasteiger partial charge on any atom is -0.379 e. The van der Waals surface area contributed by atoms with Gasteiger partial charge in [0.15, 0.2) is 0 Å². The average molecular weight is 310 g/mol. The van der Waals surface area contributed by atoms with Crippen molar-refractivity contribution >= 4 is 11.9 Å². The van der Waals surface area contributed by atoms with Crippen LogP contribution >= 0.6 is 0 Å². The summed E-state index contributed by atoms with van der Waals surface area (Å²) in [4.78, 5) is 30.2. The maximum absolute atomic E-state index is 12.5. The highest BCUT2D eigenvalue weighted by Gasteiger charge is 2.37. The van der Waals surface area contributed by atoms with Crippen LogP contribution in [0.25, 0.3) is 0 Å². The van der Waals surface area contributed by atoms with Crippen molar-refractivity contribution < 1.29 is 14.3 Å². The van der Waals surface area contributed by atoms with Crippen LogP contribution in [0.5, 0.6) is 0 Å². The highest BCUT2D eigenvalue weighted by Crippen LogP contribution is 2.23. The summed E-state index contributed by atoms with van der Waals surface area (Å²) in [5.41, 5.74) is 0. The molecule has 3 rings (SSSR count). The number of carbonyl (C=O) groups is 2. The molecule has 7 nitrogen and oxygen atoms in total. The molecule has 1 N–H and O–H groups in total. The molecule has 124 valence electrons. The Morgan fingerprint density at radius 1 is 1.27 bits per heavy atom. The van der Waals surface area contributed by atoms with Gasteiger partial charge in [0.05, 0.1) is 13.2 Å². The summed E-state index contributed by atoms with van der Waals surface area (Å²) >= 11 is 0. The van der Waals surface area contributed by atoms with Gasteiger partial charge in [0, 0.05) is 45.3 Å². The molecule has 3 amide bonds. The lowest BCUT2D eigenvalue weighted by molar-refractivity contribution is -0.131. The molecule has 3 aliphatic rings. The second kappa shape index (κ2) is 6.83. The minimum atomic E-state index is -0.114. The van der Waals surface area contributed by atoms with Gasteiger partial charge in [-0.25, -0.2) is 4.79 Å². The molecule has 0 spiro atoms. The first-order valence-corrected chi connectivity index (χ1v) is 8.27. The molecule has 0 saturated carbocycles. The van der Waals surface area contributed by atoms with Gasteiger partial charge >= 0.3 is 6.03 Å². The summed E-state index contributed by atoms with van der Waals surface area (Å²) in [5.74, 6) is 0.539. The summed E-state index contributed by atoms with van der Waals surface area (Å²) in [6.45, 7) is 8.83. The van der Waals surface area contributed by atoms with Crippen LogP contribution in [0, 0.1) is 5.92 Å². The van der Waals surface area contributed by atoms with Crippen molar-refractivity contribution in [1.82, 2.24) is 20.0 Å². The van der Waals surface area contributed by atoms with Crippen molar-refractivity contribution in [1.29, 1.82) is 0 Å². The Morgan fingerprint density at radius 3 is 2.77 bits per heavy atom. The van der Waals surface area contributed by atoms with E-state index in [0.717, 1.165) is 45.8 Å². The summed E-state index contributed by atoms with van der Waals surface area (Å²) in [6, 6.07) is 0.305. The number of hydrogen-bond donors (Lipinski definition) is 1. The van der Waals surface area contributed by atoms with Gasteiger partial charge in [-0.05, 0) is 12.3 Å². The van der Waals surface area contributed by atoms with Crippen molar-refractivity contribution in [3.8, 4) is 0 Å². The van der Waals surface area contributed by atoms with Gasteiger partial charge in [-0.1, -0.05) is 6.92 Å². The van der Waals surface area contributed by atoms with E-state index in [-0.39, 0.29) is 18.5 Å². The molecule has 22 heavy (non-hydrogen) atoms. The number of likely N-dealkylation sites (tertiary alicyclic amines) is 1. The molecule has 3 heterocycles. The fourth-order valence-corrected chi connectivity index (χ4v) is 3.63. The van der Waals surface area contributed by atoms with Crippen LogP contribution in [0.4, 0.5) is 4.79 Å². The SMILES string of the molecule is C[C@H]1CN(C(=O)CN2CCCNC2=O)C[C@H]1N1CCOCC1. The standard InChI is InChI=1S/C15H26N4O3/c1-12-9-19(10-13(12)17-5-7-22-8-6-17)14(20)11-18-4-2-3-16-15(18)21/h12-13H,2-11H2,1H3,(H,16,21)/t12-,13+/m0/s1. The molecular formula is C15H26N4O3. The van der Waals surface area contributed by atoms with Crippen LogP contribution in [0.3, 0.4) is 0 Å². The largest absolute Gasteiger partial charge is 0.379 e. The Hall–Kier alpha value is -1.34. The summed E-state index contributed by atoms with van der Waals surface area (Å²) in [7, 11) is 0. The van der Waals surface area contributed by atoms with E-state index in [9.17, 15) is 9.59 Å². The predicted octanol–water partition coefficient (Wildman–Crippen LogP) is -0.419. The van der Waals surface area contributed by atoms with Crippen molar-refractivity contribution in [3.05, 3.63) is 0 Å². The second-order valence-electron chi connectivity index (χ2n) is 6.50. The summed E-state index contributed by atoms with van der Waals surface area (Å²) < 4.78 is 5.41. The molecule has 3 fully saturated rings. The number of nitrogens with zero attached hydrogens (tertiary/aromatic N) is 3. The minimum absolute atomic E-state index is 0.0691. The van der Waals surface area contributed by atoms with Crippen LogP contribution in [0.1, 0.15) is 13.3 Å². The number of amides is 3. The molecule has 0 bridgehead atoms. The Labute approximate surface area is 131 Å². The topological polar surface area (TPSA) is 65.1 Å². The van der Waals surface area contributed by atoms with Gasteiger partial charge in [0.25, 0.3) is 0 Å². The Bertz CT molecular complexity index is 425. The molecule has 0 aromatic heterocycles. The zero-order chi connectivity index (χ0) is 15.5.